The van der Waals surface area contributed by atoms with E-state index in [-0.39, 0.29) is 11.9 Å². The Kier molecular flexibility index (Phi) is 6.92. The number of rotatable bonds is 8. The molecule has 2 heterocycles. The minimum absolute atomic E-state index is 0.124. The van der Waals surface area contributed by atoms with E-state index in [2.05, 4.69) is 41.0 Å². The predicted molar refractivity (Wildman–Crippen MR) is 97.7 cm³/mol. The molecule has 0 saturated heterocycles. The summed E-state index contributed by atoms with van der Waals surface area (Å²) in [4.78, 5) is 17.8. The van der Waals surface area contributed by atoms with Gasteiger partial charge in [-0.1, -0.05) is 19.9 Å². The second kappa shape index (κ2) is 8.70. The lowest BCUT2D eigenvalue weighted by Crippen LogP contribution is -2.31. The number of thiophene rings is 1. The molecule has 0 aliphatic carbocycles. The van der Waals surface area contributed by atoms with Crippen LogP contribution in [0.2, 0.25) is 0 Å². The van der Waals surface area contributed by atoms with E-state index in [1.807, 2.05) is 13.0 Å². The molecule has 2 aromatic heterocycles. The van der Waals surface area contributed by atoms with Gasteiger partial charge in [0.1, 0.15) is 0 Å². The van der Waals surface area contributed by atoms with E-state index >= 15 is 0 Å². The van der Waals surface area contributed by atoms with Crippen molar-refractivity contribution in [2.75, 3.05) is 5.75 Å². The van der Waals surface area contributed by atoms with Crippen LogP contribution >= 0.6 is 34.4 Å². The Balaban J connectivity index is 1.72. The predicted octanol–water partition coefficient (Wildman–Crippen LogP) is 4.65. The number of carbonyl (C=O) groups excluding carboxylic acids is 1. The third-order valence-corrected chi connectivity index (χ3v) is 5.99. The fourth-order valence-electron chi connectivity index (χ4n) is 2.10. The van der Waals surface area contributed by atoms with Crippen molar-refractivity contribution in [2.45, 2.75) is 39.0 Å². The molecule has 0 bridgehead atoms. The van der Waals surface area contributed by atoms with Crippen molar-refractivity contribution in [3.05, 3.63) is 38.5 Å². The Morgan fingerprint density at radius 2 is 2.23 bits per heavy atom. The highest BCUT2D eigenvalue weighted by Crippen LogP contribution is 2.26. The molecular formula is C16H22N2OS3. The summed E-state index contributed by atoms with van der Waals surface area (Å²) in [5.41, 5.74) is 1.12. The first-order valence-electron chi connectivity index (χ1n) is 7.37. The Morgan fingerprint density at radius 3 is 2.82 bits per heavy atom. The Hall–Kier alpha value is -0.850. The summed E-state index contributed by atoms with van der Waals surface area (Å²) in [6, 6.07) is 4.25. The molecular weight excluding hydrogens is 332 g/mol. The number of aromatic nitrogens is 1. The van der Waals surface area contributed by atoms with Crippen molar-refractivity contribution in [1.82, 2.24) is 10.3 Å². The van der Waals surface area contributed by atoms with E-state index in [4.69, 9.17) is 0 Å². The third-order valence-electron chi connectivity index (χ3n) is 3.22. The van der Waals surface area contributed by atoms with Crippen LogP contribution in [-0.4, -0.2) is 16.6 Å². The summed E-state index contributed by atoms with van der Waals surface area (Å²) < 4.78 is 0. The molecule has 0 fully saturated rings. The average Bonchev–Trinajstić information content (AvgIpc) is 3.12. The van der Waals surface area contributed by atoms with Gasteiger partial charge in [-0.15, -0.1) is 22.7 Å². The van der Waals surface area contributed by atoms with Crippen LogP contribution in [0.5, 0.6) is 0 Å². The molecule has 1 N–H and O–H groups in total. The zero-order valence-corrected chi connectivity index (χ0v) is 15.6. The number of carbonyl (C=O) groups is 1. The zero-order valence-electron chi connectivity index (χ0n) is 13.2. The molecule has 0 aliphatic rings. The van der Waals surface area contributed by atoms with Crippen LogP contribution in [0.4, 0.5) is 0 Å². The molecule has 0 saturated carbocycles. The highest BCUT2D eigenvalue weighted by atomic mass is 32.2. The molecule has 22 heavy (non-hydrogen) atoms. The smallest absolute Gasteiger partial charge is 0.221 e. The molecule has 1 atom stereocenters. The van der Waals surface area contributed by atoms with Gasteiger partial charge in [0, 0.05) is 28.2 Å². The maximum atomic E-state index is 12.1. The van der Waals surface area contributed by atoms with Gasteiger partial charge in [0.25, 0.3) is 0 Å². The molecule has 1 amide bonds. The van der Waals surface area contributed by atoms with Gasteiger partial charge in [0.05, 0.1) is 16.7 Å². The fourth-order valence-corrected chi connectivity index (χ4v) is 4.59. The average molecular weight is 355 g/mol. The van der Waals surface area contributed by atoms with Gasteiger partial charge < -0.3 is 5.32 Å². The number of thiazole rings is 1. The van der Waals surface area contributed by atoms with Crippen LogP contribution in [0.25, 0.3) is 0 Å². The lowest BCUT2D eigenvalue weighted by molar-refractivity contribution is -0.121. The van der Waals surface area contributed by atoms with Crippen molar-refractivity contribution < 1.29 is 4.79 Å². The van der Waals surface area contributed by atoms with Crippen LogP contribution in [0, 0.1) is 12.8 Å². The number of thioether (sulfide) groups is 1. The number of hydrogen-bond donors (Lipinski definition) is 1. The molecule has 0 radical (unpaired) electrons. The van der Waals surface area contributed by atoms with Crippen molar-refractivity contribution in [2.24, 2.45) is 5.92 Å². The van der Waals surface area contributed by atoms with Crippen molar-refractivity contribution in [3.63, 3.8) is 0 Å². The minimum Gasteiger partial charge on any atom is -0.348 e. The van der Waals surface area contributed by atoms with Crippen LogP contribution in [0.3, 0.4) is 0 Å². The number of aryl methyl sites for hydroxylation is 1. The Bertz CT molecular complexity index is 578. The summed E-state index contributed by atoms with van der Waals surface area (Å²) in [5.74, 6) is 2.25. The topological polar surface area (TPSA) is 42.0 Å². The van der Waals surface area contributed by atoms with Crippen LogP contribution in [-0.2, 0) is 10.5 Å². The largest absolute Gasteiger partial charge is 0.348 e. The number of nitrogens with one attached hydrogen (secondary N) is 1. The van der Waals surface area contributed by atoms with E-state index in [1.54, 1.807) is 34.4 Å². The van der Waals surface area contributed by atoms with E-state index in [1.165, 1.54) is 4.88 Å². The highest BCUT2D eigenvalue weighted by Gasteiger charge is 2.18. The number of nitrogens with zero attached hydrogens (tertiary/aromatic N) is 1. The van der Waals surface area contributed by atoms with Gasteiger partial charge in [-0.05, 0) is 24.3 Å². The second-order valence-corrected chi connectivity index (χ2v) is 8.61. The molecule has 0 spiro atoms. The molecule has 2 rings (SSSR count). The molecule has 120 valence electrons. The van der Waals surface area contributed by atoms with Crippen molar-refractivity contribution in [1.29, 1.82) is 0 Å². The third kappa shape index (κ3) is 5.41. The van der Waals surface area contributed by atoms with Gasteiger partial charge in [0.2, 0.25) is 5.91 Å². The van der Waals surface area contributed by atoms with Gasteiger partial charge in [0.15, 0.2) is 0 Å². The molecule has 6 heteroatoms. The van der Waals surface area contributed by atoms with E-state index in [0.29, 0.717) is 12.3 Å². The molecule has 3 nitrogen and oxygen atoms in total. The monoisotopic (exact) mass is 354 g/mol. The van der Waals surface area contributed by atoms with Crippen molar-refractivity contribution >= 4 is 40.3 Å². The SMILES string of the molecule is Cc1nc(CSCCC(=O)N[C@@H](c2cccs2)C(C)C)cs1. The first-order chi connectivity index (χ1) is 10.6. The molecule has 0 aliphatic heterocycles. The first-order valence-corrected chi connectivity index (χ1v) is 10.3. The lowest BCUT2D eigenvalue weighted by Gasteiger charge is -2.21. The van der Waals surface area contributed by atoms with E-state index < -0.39 is 0 Å². The second-order valence-electron chi connectivity index (χ2n) is 5.47. The van der Waals surface area contributed by atoms with Gasteiger partial charge in [-0.3, -0.25) is 4.79 Å². The first kappa shape index (κ1) is 17.5. The summed E-state index contributed by atoms with van der Waals surface area (Å²) in [7, 11) is 0. The summed E-state index contributed by atoms with van der Waals surface area (Å²) >= 11 is 5.15. The van der Waals surface area contributed by atoms with E-state index in [0.717, 1.165) is 22.2 Å². The standard InChI is InChI=1S/C16H22N2OS3/c1-11(2)16(14-5-4-7-21-14)18-15(19)6-8-20-9-13-10-22-12(3)17-13/h4-5,7,10-11,16H,6,8-9H2,1-3H3,(H,18,19)/t16-/m1/s1. The summed E-state index contributed by atoms with van der Waals surface area (Å²) in [6.07, 6.45) is 0.558. The van der Waals surface area contributed by atoms with Crippen LogP contribution in [0.1, 0.15) is 41.9 Å². The van der Waals surface area contributed by atoms with Gasteiger partial charge in [-0.25, -0.2) is 4.98 Å². The molecule has 2 aromatic rings. The maximum Gasteiger partial charge on any atom is 0.221 e. The molecule has 0 unspecified atom stereocenters. The quantitative estimate of drug-likeness (QED) is 0.702. The van der Waals surface area contributed by atoms with Crippen LogP contribution < -0.4 is 5.32 Å². The summed E-state index contributed by atoms with van der Waals surface area (Å²) in [5, 5.41) is 8.42. The number of hydrogen-bond acceptors (Lipinski definition) is 5. The Morgan fingerprint density at radius 1 is 1.41 bits per heavy atom. The summed E-state index contributed by atoms with van der Waals surface area (Å²) in [6.45, 7) is 6.30. The highest BCUT2D eigenvalue weighted by molar-refractivity contribution is 7.98. The fraction of sp³-hybridized carbons (Fsp3) is 0.500. The van der Waals surface area contributed by atoms with E-state index in [9.17, 15) is 4.79 Å². The maximum absolute atomic E-state index is 12.1. The van der Waals surface area contributed by atoms with Crippen LogP contribution in [0.15, 0.2) is 22.9 Å². The molecule has 0 aromatic carbocycles. The number of amides is 1. The van der Waals surface area contributed by atoms with Gasteiger partial charge in [-0.2, -0.15) is 11.8 Å². The van der Waals surface area contributed by atoms with Crippen molar-refractivity contribution in [3.8, 4) is 0 Å². The normalized spacial score (nSPS) is 12.5. The lowest BCUT2D eigenvalue weighted by atomic mass is 10.0. The minimum atomic E-state index is 0.124. The zero-order chi connectivity index (χ0) is 15.9. The van der Waals surface area contributed by atoms with Gasteiger partial charge >= 0.3 is 0 Å². The Labute approximate surface area is 144 Å².